The van der Waals surface area contributed by atoms with Crippen LogP contribution in [0.5, 0.6) is 0 Å². The molecule has 0 saturated heterocycles. The maximum absolute atomic E-state index is 12.0. The molecule has 1 heterocycles. The molecule has 0 atom stereocenters. The van der Waals surface area contributed by atoms with E-state index in [0.717, 1.165) is 11.1 Å². The number of nitrogens with zero attached hydrogens (tertiary/aromatic N) is 1. The van der Waals surface area contributed by atoms with Crippen LogP contribution in [0.4, 0.5) is 0 Å². The van der Waals surface area contributed by atoms with Crippen LogP contribution in [-0.2, 0) is 0 Å². The third kappa shape index (κ3) is 5.62. The molecular formula is C22H19NO6S. The van der Waals surface area contributed by atoms with Gasteiger partial charge in [-0.3, -0.25) is 4.79 Å². The van der Waals surface area contributed by atoms with Gasteiger partial charge in [0.25, 0.3) is 0 Å². The highest BCUT2D eigenvalue weighted by molar-refractivity contribution is 7.13. The van der Waals surface area contributed by atoms with E-state index in [2.05, 4.69) is 5.16 Å². The minimum Gasteiger partial charge on any atom is -0.478 e. The SMILES string of the molecule is CCC(=NO)C(=O)c1cc(-c2ccccc2)cs1.O=C(O)c1ccccc1C(=O)O. The number of rotatable bonds is 6. The molecule has 8 heteroatoms. The summed E-state index contributed by atoms with van der Waals surface area (Å²) in [6.07, 6.45) is 0.425. The second-order valence-corrected chi connectivity index (χ2v) is 6.86. The number of hydrogen-bond donors (Lipinski definition) is 3. The summed E-state index contributed by atoms with van der Waals surface area (Å²) >= 11 is 1.37. The monoisotopic (exact) mass is 425 g/mol. The van der Waals surface area contributed by atoms with Gasteiger partial charge in [-0.15, -0.1) is 11.3 Å². The molecule has 3 N–H and O–H groups in total. The van der Waals surface area contributed by atoms with Gasteiger partial charge in [0.15, 0.2) is 0 Å². The van der Waals surface area contributed by atoms with Crippen molar-refractivity contribution >= 4 is 34.8 Å². The first-order valence-corrected chi connectivity index (χ1v) is 9.72. The first kappa shape index (κ1) is 22.5. The summed E-state index contributed by atoms with van der Waals surface area (Å²) in [5, 5.41) is 30.8. The van der Waals surface area contributed by atoms with Gasteiger partial charge in [0.05, 0.1) is 16.0 Å². The molecular weight excluding hydrogens is 406 g/mol. The van der Waals surface area contributed by atoms with E-state index in [9.17, 15) is 14.4 Å². The molecule has 7 nitrogen and oxygen atoms in total. The molecule has 0 bridgehead atoms. The van der Waals surface area contributed by atoms with Gasteiger partial charge in [-0.1, -0.05) is 54.5 Å². The lowest BCUT2D eigenvalue weighted by Gasteiger charge is -1.98. The molecule has 3 rings (SSSR count). The van der Waals surface area contributed by atoms with E-state index < -0.39 is 11.9 Å². The smallest absolute Gasteiger partial charge is 0.336 e. The number of benzene rings is 2. The number of carboxylic acids is 2. The van der Waals surface area contributed by atoms with Gasteiger partial charge in [-0.25, -0.2) is 9.59 Å². The van der Waals surface area contributed by atoms with Crippen molar-refractivity contribution in [3.8, 4) is 11.1 Å². The summed E-state index contributed by atoms with van der Waals surface area (Å²) in [7, 11) is 0. The zero-order valence-electron chi connectivity index (χ0n) is 16.0. The van der Waals surface area contributed by atoms with Crippen molar-refractivity contribution in [2.45, 2.75) is 13.3 Å². The van der Waals surface area contributed by atoms with Crippen molar-refractivity contribution in [1.29, 1.82) is 0 Å². The molecule has 30 heavy (non-hydrogen) atoms. The summed E-state index contributed by atoms with van der Waals surface area (Å²) in [4.78, 5) is 33.5. The number of carbonyl (C=O) groups is 3. The number of thiophene rings is 1. The van der Waals surface area contributed by atoms with E-state index in [1.807, 2.05) is 41.8 Å². The molecule has 2 aromatic carbocycles. The highest BCUT2D eigenvalue weighted by Gasteiger charge is 2.16. The molecule has 0 saturated carbocycles. The third-order valence-corrected chi connectivity index (χ3v) is 4.96. The molecule has 154 valence electrons. The van der Waals surface area contributed by atoms with Crippen LogP contribution in [0.15, 0.2) is 71.2 Å². The fourth-order valence-electron chi connectivity index (χ4n) is 2.51. The van der Waals surface area contributed by atoms with E-state index in [1.165, 1.54) is 35.6 Å². The van der Waals surface area contributed by atoms with Gasteiger partial charge in [-0.2, -0.15) is 0 Å². The average molecular weight is 425 g/mol. The van der Waals surface area contributed by atoms with E-state index in [-0.39, 0.29) is 22.6 Å². The minimum absolute atomic E-state index is 0.190. The fourth-order valence-corrected chi connectivity index (χ4v) is 3.39. The van der Waals surface area contributed by atoms with Crippen LogP contribution in [0.25, 0.3) is 11.1 Å². The quantitative estimate of drug-likeness (QED) is 0.223. The van der Waals surface area contributed by atoms with Crippen LogP contribution >= 0.6 is 11.3 Å². The molecule has 0 unspecified atom stereocenters. The van der Waals surface area contributed by atoms with Crippen molar-refractivity contribution < 1.29 is 29.8 Å². The highest BCUT2D eigenvalue weighted by Crippen LogP contribution is 2.26. The summed E-state index contributed by atoms with van der Waals surface area (Å²) in [6, 6.07) is 17.2. The number of carbonyl (C=O) groups excluding carboxylic acids is 1. The number of hydrogen-bond acceptors (Lipinski definition) is 6. The lowest BCUT2D eigenvalue weighted by Crippen LogP contribution is -2.11. The fraction of sp³-hybridized carbons (Fsp3) is 0.0909. The number of aromatic carboxylic acids is 2. The topological polar surface area (TPSA) is 124 Å². The Balaban J connectivity index is 0.000000232. The van der Waals surface area contributed by atoms with Crippen LogP contribution in [0.2, 0.25) is 0 Å². The first-order valence-electron chi connectivity index (χ1n) is 8.84. The van der Waals surface area contributed by atoms with E-state index >= 15 is 0 Å². The van der Waals surface area contributed by atoms with Crippen molar-refractivity contribution in [3.05, 3.63) is 82.0 Å². The number of ketones is 1. The summed E-state index contributed by atoms with van der Waals surface area (Å²) in [5.41, 5.74) is 1.90. The largest absolute Gasteiger partial charge is 0.478 e. The van der Waals surface area contributed by atoms with Gasteiger partial charge in [0.2, 0.25) is 5.78 Å². The molecule has 3 aromatic rings. The van der Waals surface area contributed by atoms with Gasteiger partial charge in [0, 0.05) is 0 Å². The number of Topliss-reactive ketones (excluding diaryl/α,β-unsaturated/α-hetero) is 1. The third-order valence-electron chi connectivity index (χ3n) is 4.04. The summed E-state index contributed by atoms with van der Waals surface area (Å²) < 4.78 is 0. The van der Waals surface area contributed by atoms with Crippen LogP contribution in [0.3, 0.4) is 0 Å². The molecule has 0 fully saturated rings. The predicted octanol–water partition coefficient (Wildman–Crippen LogP) is 4.92. The normalized spacial score (nSPS) is 10.6. The molecule has 0 aliphatic heterocycles. The van der Waals surface area contributed by atoms with E-state index in [4.69, 9.17) is 15.4 Å². The number of oxime groups is 1. The lowest BCUT2D eigenvalue weighted by atomic mass is 10.1. The van der Waals surface area contributed by atoms with Crippen LogP contribution in [0.1, 0.15) is 43.7 Å². The Morgan fingerprint density at radius 1 is 0.867 bits per heavy atom. The van der Waals surface area contributed by atoms with Crippen molar-refractivity contribution in [2.75, 3.05) is 0 Å². The standard InChI is InChI=1S/C14H13NO2S.C8H6O4/c1-2-12(15-17)14(16)13-8-11(9-18-13)10-6-4-3-5-7-10;9-7(10)5-3-1-2-4-6(5)8(11)12/h3-9,17H,2H2,1H3;1-4H,(H,9,10)(H,11,12). The average Bonchev–Trinajstić information content (AvgIpc) is 3.26. The zero-order chi connectivity index (χ0) is 22.1. The second kappa shape index (κ2) is 10.7. The van der Waals surface area contributed by atoms with Gasteiger partial charge in [-0.05, 0) is 41.1 Å². The lowest BCUT2D eigenvalue weighted by molar-refractivity contribution is 0.0651. The summed E-state index contributed by atoms with van der Waals surface area (Å²) in [5.74, 6) is -2.66. The Morgan fingerprint density at radius 2 is 1.40 bits per heavy atom. The first-order chi connectivity index (χ1) is 14.4. The Morgan fingerprint density at radius 3 is 1.87 bits per heavy atom. The maximum Gasteiger partial charge on any atom is 0.336 e. The Hall–Kier alpha value is -3.78. The van der Waals surface area contributed by atoms with Crippen LogP contribution < -0.4 is 0 Å². The van der Waals surface area contributed by atoms with Gasteiger partial charge in [0.1, 0.15) is 5.71 Å². The molecule has 1 aromatic heterocycles. The van der Waals surface area contributed by atoms with E-state index in [1.54, 1.807) is 6.92 Å². The number of carboxylic acid groups (broad SMARTS) is 2. The highest BCUT2D eigenvalue weighted by atomic mass is 32.1. The van der Waals surface area contributed by atoms with E-state index in [0.29, 0.717) is 11.3 Å². The second-order valence-electron chi connectivity index (χ2n) is 5.95. The van der Waals surface area contributed by atoms with Crippen LogP contribution in [-0.4, -0.2) is 38.9 Å². The van der Waals surface area contributed by atoms with Crippen LogP contribution in [0, 0.1) is 0 Å². The minimum atomic E-state index is -1.23. The van der Waals surface area contributed by atoms with Gasteiger partial charge < -0.3 is 15.4 Å². The zero-order valence-corrected chi connectivity index (χ0v) is 16.8. The predicted molar refractivity (Wildman–Crippen MR) is 114 cm³/mol. The Bertz CT molecular complexity index is 1040. The van der Waals surface area contributed by atoms with Crippen molar-refractivity contribution in [3.63, 3.8) is 0 Å². The van der Waals surface area contributed by atoms with Crippen molar-refractivity contribution in [1.82, 2.24) is 0 Å². The molecule has 0 aliphatic rings. The van der Waals surface area contributed by atoms with Gasteiger partial charge >= 0.3 is 11.9 Å². The Labute approximate surface area is 176 Å². The summed E-state index contributed by atoms with van der Waals surface area (Å²) in [6.45, 7) is 1.79. The molecule has 0 amide bonds. The van der Waals surface area contributed by atoms with Crippen molar-refractivity contribution in [2.24, 2.45) is 5.16 Å². The Kier molecular flexibility index (Phi) is 8.01. The maximum atomic E-state index is 12.0. The molecule has 0 aliphatic carbocycles. The molecule has 0 radical (unpaired) electrons. The molecule has 0 spiro atoms.